The summed E-state index contributed by atoms with van der Waals surface area (Å²) in [4.78, 5) is 10.7. The van der Waals surface area contributed by atoms with Gasteiger partial charge in [-0.15, -0.1) is 11.3 Å². The van der Waals surface area contributed by atoms with Gasteiger partial charge in [0.2, 0.25) is 10.0 Å². The molecule has 1 unspecified atom stereocenters. The van der Waals surface area contributed by atoms with Crippen molar-refractivity contribution < 1.29 is 27.5 Å². The van der Waals surface area contributed by atoms with E-state index in [9.17, 15) is 13.2 Å². The molecule has 9 heteroatoms. The number of furan rings is 1. The van der Waals surface area contributed by atoms with Gasteiger partial charge < -0.3 is 14.3 Å². The lowest BCUT2D eigenvalue weighted by atomic mass is 10.2. The lowest BCUT2D eigenvalue weighted by Gasteiger charge is -2.15. The molecule has 0 aliphatic heterocycles. The molecule has 0 amide bonds. The number of thiophene rings is 1. The second kappa shape index (κ2) is 6.39. The van der Waals surface area contributed by atoms with Gasteiger partial charge in [-0.2, -0.15) is 4.72 Å². The number of hydrogen-bond donors (Lipinski definition) is 2. The summed E-state index contributed by atoms with van der Waals surface area (Å²) in [5, 5.41) is 10.1. The van der Waals surface area contributed by atoms with Crippen molar-refractivity contribution in [2.75, 3.05) is 13.7 Å². The van der Waals surface area contributed by atoms with E-state index in [2.05, 4.69) is 4.72 Å². The van der Waals surface area contributed by atoms with Crippen LogP contribution < -0.4 is 4.72 Å². The van der Waals surface area contributed by atoms with Gasteiger partial charge in [0.25, 0.3) is 0 Å². The van der Waals surface area contributed by atoms with E-state index < -0.39 is 22.0 Å². The summed E-state index contributed by atoms with van der Waals surface area (Å²) >= 11 is 0.849. The maximum Gasteiger partial charge on any atom is 0.345 e. The Balaban J connectivity index is 2.23. The Morgan fingerprint density at radius 2 is 2.33 bits per heavy atom. The maximum atomic E-state index is 12.3. The van der Waals surface area contributed by atoms with E-state index in [-0.39, 0.29) is 16.4 Å². The lowest BCUT2D eigenvalue weighted by Crippen LogP contribution is -2.31. The van der Waals surface area contributed by atoms with Crippen molar-refractivity contribution in [2.45, 2.75) is 10.9 Å². The van der Waals surface area contributed by atoms with Gasteiger partial charge in [0.15, 0.2) is 0 Å². The summed E-state index contributed by atoms with van der Waals surface area (Å²) in [5.74, 6) is -0.755. The van der Waals surface area contributed by atoms with E-state index in [4.69, 9.17) is 14.3 Å². The molecule has 2 rings (SSSR count). The molecule has 21 heavy (non-hydrogen) atoms. The molecule has 0 aliphatic rings. The third kappa shape index (κ3) is 3.70. The molecular formula is C12H13NO6S2. The predicted molar refractivity (Wildman–Crippen MR) is 74.9 cm³/mol. The van der Waals surface area contributed by atoms with Crippen LogP contribution in [-0.4, -0.2) is 33.2 Å². The van der Waals surface area contributed by atoms with Gasteiger partial charge in [0.05, 0.1) is 17.8 Å². The third-order valence-electron chi connectivity index (χ3n) is 2.61. The first kappa shape index (κ1) is 15.7. The highest BCUT2D eigenvalue weighted by molar-refractivity contribution is 7.89. The number of aromatic carboxylic acids is 1. The Hall–Kier alpha value is -1.68. The minimum atomic E-state index is -3.86. The first-order chi connectivity index (χ1) is 9.94. The Bertz CT molecular complexity index is 704. The van der Waals surface area contributed by atoms with Crippen molar-refractivity contribution in [1.29, 1.82) is 0 Å². The van der Waals surface area contributed by atoms with Crippen LogP contribution in [0.25, 0.3) is 0 Å². The molecule has 0 bridgehead atoms. The van der Waals surface area contributed by atoms with Crippen molar-refractivity contribution in [3.63, 3.8) is 0 Å². The van der Waals surface area contributed by atoms with Crippen LogP contribution in [0.15, 0.2) is 39.2 Å². The molecule has 0 saturated heterocycles. The zero-order valence-corrected chi connectivity index (χ0v) is 12.6. The average Bonchev–Trinajstić information content (AvgIpc) is 3.10. The van der Waals surface area contributed by atoms with Gasteiger partial charge >= 0.3 is 5.97 Å². The van der Waals surface area contributed by atoms with E-state index in [1.54, 1.807) is 12.1 Å². The van der Waals surface area contributed by atoms with Gasteiger partial charge in [-0.1, -0.05) is 0 Å². The highest BCUT2D eigenvalue weighted by Crippen LogP contribution is 2.22. The summed E-state index contributed by atoms with van der Waals surface area (Å²) in [6.45, 7) is 0.0860. The molecule has 2 N–H and O–H groups in total. The van der Waals surface area contributed by atoms with Crippen molar-refractivity contribution in [3.05, 3.63) is 40.5 Å². The van der Waals surface area contributed by atoms with E-state index in [1.807, 2.05) is 0 Å². The summed E-state index contributed by atoms with van der Waals surface area (Å²) in [5.41, 5.74) is 0. The number of sulfonamides is 1. The molecule has 7 nitrogen and oxygen atoms in total. The van der Waals surface area contributed by atoms with Crippen LogP contribution in [0.5, 0.6) is 0 Å². The number of nitrogens with one attached hydrogen (secondary N) is 1. The second-order valence-corrected chi connectivity index (χ2v) is 6.72. The van der Waals surface area contributed by atoms with Crippen molar-refractivity contribution in [3.8, 4) is 0 Å². The molecule has 1 atom stereocenters. The Kier molecular flexibility index (Phi) is 4.78. The molecular weight excluding hydrogens is 318 g/mol. The molecule has 0 aliphatic carbocycles. The maximum absolute atomic E-state index is 12.3. The fourth-order valence-electron chi connectivity index (χ4n) is 1.66. The third-order valence-corrected chi connectivity index (χ3v) is 5.13. The topological polar surface area (TPSA) is 106 Å². The number of rotatable bonds is 7. The van der Waals surface area contributed by atoms with Gasteiger partial charge in [-0.25, -0.2) is 13.2 Å². The quantitative estimate of drug-likeness (QED) is 0.800. The van der Waals surface area contributed by atoms with Gasteiger partial charge in [-0.05, 0) is 18.2 Å². The summed E-state index contributed by atoms with van der Waals surface area (Å²) < 4.78 is 37.1. The van der Waals surface area contributed by atoms with Crippen molar-refractivity contribution in [2.24, 2.45) is 0 Å². The zero-order chi connectivity index (χ0) is 15.5. The van der Waals surface area contributed by atoms with Gasteiger partial charge in [0.1, 0.15) is 16.7 Å². The standard InChI is InChI=1S/C12H13NO6S2/c1-18-6-9(10-3-2-4-19-10)13-21(16,17)8-5-11(12(14)15)20-7-8/h2-5,7,9,13H,6H2,1H3,(H,14,15). The minimum absolute atomic E-state index is 0.0448. The van der Waals surface area contributed by atoms with Crippen LogP contribution in [0.4, 0.5) is 0 Å². The van der Waals surface area contributed by atoms with E-state index in [0.717, 1.165) is 17.4 Å². The normalized spacial score (nSPS) is 13.2. The summed E-state index contributed by atoms with van der Waals surface area (Å²) in [7, 11) is -2.42. The van der Waals surface area contributed by atoms with E-state index in [0.29, 0.717) is 5.76 Å². The van der Waals surface area contributed by atoms with Gasteiger partial charge in [0, 0.05) is 12.5 Å². The molecule has 0 radical (unpaired) electrons. The predicted octanol–water partition coefficient (Wildman–Crippen LogP) is 1.71. The second-order valence-electron chi connectivity index (χ2n) is 4.10. The fraction of sp³-hybridized carbons (Fsp3) is 0.250. The molecule has 0 spiro atoms. The number of hydrogen-bond acceptors (Lipinski definition) is 6. The highest BCUT2D eigenvalue weighted by Gasteiger charge is 2.25. The van der Waals surface area contributed by atoms with Crippen LogP contribution in [-0.2, 0) is 14.8 Å². The number of methoxy groups -OCH3 is 1. The van der Waals surface area contributed by atoms with E-state index >= 15 is 0 Å². The van der Waals surface area contributed by atoms with Crippen LogP contribution in [0.1, 0.15) is 21.5 Å². The lowest BCUT2D eigenvalue weighted by molar-refractivity contribution is 0.0702. The van der Waals surface area contributed by atoms with E-state index in [1.165, 1.54) is 18.8 Å². The SMILES string of the molecule is COCC(NS(=O)(=O)c1csc(C(=O)O)c1)c1ccco1. The summed E-state index contributed by atoms with van der Waals surface area (Å²) in [6.07, 6.45) is 1.43. The monoisotopic (exact) mass is 331 g/mol. The molecule has 2 aromatic rings. The minimum Gasteiger partial charge on any atom is -0.477 e. The first-order valence-electron chi connectivity index (χ1n) is 5.80. The molecule has 2 aromatic heterocycles. The van der Waals surface area contributed by atoms with Crippen LogP contribution in [0.3, 0.4) is 0 Å². The number of ether oxygens (including phenoxy) is 1. The molecule has 0 fully saturated rings. The Morgan fingerprint density at radius 3 is 2.86 bits per heavy atom. The highest BCUT2D eigenvalue weighted by atomic mass is 32.2. The number of carboxylic acid groups (broad SMARTS) is 1. The van der Waals surface area contributed by atoms with Crippen molar-refractivity contribution in [1.82, 2.24) is 4.72 Å². The molecule has 114 valence electrons. The largest absolute Gasteiger partial charge is 0.477 e. The number of carbonyl (C=O) groups is 1. The van der Waals surface area contributed by atoms with Crippen LogP contribution >= 0.6 is 11.3 Å². The van der Waals surface area contributed by atoms with Crippen LogP contribution in [0, 0.1) is 0 Å². The Labute approximate surface area is 125 Å². The smallest absolute Gasteiger partial charge is 0.345 e. The van der Waals surface area contributed by atoms with Crippen molar-refractivity contribution >= 4 is 27.3 Å². The molecule has 2 heterocycles. The zero-order valence-electron chi connectivity index (χ0n) is 11.0. The Morgan fingerprint density at radius 1 is 1.57 bits per heavy atom. The average molecular weight is 331 g/mol. The fourth-order valence-corrected chi connectivity index (χ4v) is 3.96. The molecule has 0 saturated carbocycles. The van der Waals surface area contributed by atoms with Gasteiger partial charge in [-0.3, -0.25) is 0 Å². The van der Waals surface area contributed by atoms with Crippen LogP contribution in [0.2, 0.25) is 0 Å². The molecule has 0 aromatic carbocycles. The first-order valence-corrected chi connectivity index (χ1v) is 8.17. The summed E-state index contributed by atoms with van der Waals surface area (Å²) in [6, 6.07) is 3.69. The number of carboxylic acids is 1.